The number of carbonyl (C=O) groups excluding carboxylic acids is 1. The monoisotopic (exact) mass is 279 g/mol. The van der Waals surface area contributed by atoms with E-state index in [2.05, 4.69) is 5.32 Å². The van der Waals surface area contributed by atoms with Crippen LogP contribution >= 0.6 is 0 Å². The van der Waals surface area contributed by atoms with Gasteiger partial charge >= 0.3 is 5.97 Å². The Morgan fingerprint density at radius 3 is 2.40 bits per heavy atom. The smallest absolute Gasteiger partial charge is 0.303 e. The number of aromatic hydroxyl groups is 1. The molecule has 1 aromatic rings. The molecule has 0 heterocycles. The van der Waals surface area contributed by atoms with Crippen molar-refractivity contribution in [1.29, 1.82) is 0 Å². The summed E-state index contributed by atoms with van der Waals surface area (Å²) >= 11 is 0. The van der Waals surface area contributed by atoms with Gasteiger partial charge < -0.3 is 15.5 Å². The molecule has 0 saturated heterocycles. The highest BCUT2D eigenvalue weighted by atomic mass is 16.4. The van der Waals surface area contributed by atoms with Gasteiger partial charge in [0.2, 0.25) is 0 Å². The Bertz CT molecular complexity index is 442. The number of aliphatic carboxylic acids is 1. The Morgan fingerprint density at radius 1 is 1.20 bits per heavy atom. The molecule has 110 valence electrons. The summed E-state index contributed by atoms with van der Waals surface area (Å²) in [6.07, 6.45) is 2.49. The molecule has 0 aromatic heterocycles. The van der Waals surface area contributed by atoms with E-state index in [9.17, 15) is 9.59 Å². The molecule has 0 aliphatic rings. The molecule has 1 rings (SSSR count). The van der Waals surface area contributed by atoms with E-state index in [-0.39, 0.29) is 18.1 Å². The molecule has 1 amide bonds. The molecule has 1 aromatic carbocycles. The van der Waals surface area contributed by atoms with Crippen LogP contribution in [0, 0.1) is 5.92 Å². The average Bonchev–Trinajstić information content (AvgIpc) is 2.42. The van der Waals surface area contributed by atoms with E-state index < -0.39 is 5.97 Å². The number of phenols is 1. The number of carboxylic acid groups (broad SMARTS) is 1. The number of carboxylic acids is 1. The zero-order chi connectivity index (χ0) is 15.0. The molecule has 0 aliphatic carbocycles. The number of amides is 1. The van der Waals surface area contributed by atoms with Gasteiger partial charge in [0, 0.05) is 18.5 Å². The summed E-state index contributed by atoms with van der Waals surface area (Å²) in [7, 11) is 0. The summed E-state index contributed by atoms with van der Waals surface area (Å²) in [6.45, 7) is 2.55. The third-order valence-corrected chi connectivity index (χ3v) is 3.31. The van der Waals surface area contributed by atoms with Gasteiger partial charge in [0.1, 0.15) is 5.75 Å². The van der Waals surface area contributed by atoms with Crippen molar-refractivity contribution in [2.24, 2.45) is 5.92 Å². The van der Waals surface area contributed by atoms with Gasteiger partial charge in [-0.3, -0.25) is 9.59 Å². The molecule has 0 bridgehead atoms. The van der Waals surface area contributed by atoms with Crippen LogP contribution in [0.4, 0.5) is 0 Å². The first kappa shape index (κ1) is 16.0. The molecule has 0 saturated carbocycles. The standard InChI is InChI=1S/C15H21NO4/c1-2-11(3-8-14(18)19)9-10-16-15(20)12-4-6-13(17)7-5-12/h4-7,11,17H,2-3,8-10H2,1H3,(H,16,20)(H,18,19). The fraction of sp³-hybridized carbons (Fsp3) is 0.467. The molecule has 0 fully saturated rings. The fourth-order valence-corrected chi connectivity index (χ4v) is 1.98. The average molecular weight is 279 g/mol. The van der Waals surface area contributed by atoms with E-state index in [1.807, 2.05) is 6.92 Å². The first-order chi connectivity index (χ1) is 9.52. The number of hydrogen-bond acceptors (Lipinski definition) is 3. The maximum absolute atomic E-state index is 11.8. The molecule has 0 radical (unpaired) electrons. The minimum Gasteiger partial charge on any atom is -0.508 e. The van der Waals surface area contributed by atoms with Gasteiger partial charge in [-0.05, 0) is 43.0 Å². The van der Waals surface area contributed by atoms with Crippen molar-refractivity contribution in [2.45, 2.75) is 32.6 Å². The van der Waals surface area contributed by atoms with Crippen LogP contribution in [0.3, 0.4) is 0 Å². The van der Waals surface area contributed by atoms with Crippen molar-refractivity contribution in [3.05, 3.63) is 29.8 Å². The Kier molecular flexibility index (Phi) is 6.56. The number of benzene rings is 1. The molecule has 3 N–H and O–H groups in total. The third-order valence-electron chi connectivity index (χ3n) is 3.31. The Balaban J connectivity index is 2.33. The maximum Gasteiger partial charge on any atom is 0.303 e. The first-order valence-electron chi connectivity index (χ1n) is 6.82. The Morgan fingerprint density at radius 2 is 1.85 bits per heavy atom. The molecular formula is C15H21NO4. The van der Waals surface area contributed by atoms with Crippen LogP contribution < -0.4 is 5.32 Å². The van der Waals surface area contributed by atoms with Crippen molar-refractivity contribution < 1.29 is 19.8 Å². The molecule has 20 heavy (non-hydrogen) atoms. The maximum atomic E-state index is 11.8. The van der Waals surface area contributed by atoms with Gasteiger partial charge in [0.15, 0.2) is 0 Å². The molecule has 5 heteroatoms. The van der Waals surface area contributed by atoms with E-state index in [0.29, 0.717) is 24.4 Å². The summed E-state index contributed by atoms with van der Waals surface area (Å²) in [5, 5.41) is 20.6. The normalized spacial score (nSPS) is 11.8. The van der Waals surface area contributed by atoms with E-state index in [4.69, 9.17) is 10.2 Å². The van der Waals surface area contributed by atoms with Crippen molar-refractivity contribution in [3.63, 3.8) is 0 Å². The lowest BCUT2D eigenvalue weighted by Crippen LogP contribution is -2.26. The first-order valence-corrected chi connectivity index (χ1v) is 6.82. The number of nitrogens with one attached hydrogen (secondary N) is 1. The number of rotatable bonds is 8. The lowest BCUT2D eigenvalue weighted by atomic mass is 9.96. The summed E-state index contributed by atoms with van der Waals surface area (Å²) in [5.41, 5.74) is 0.501. The zero-order valence-electron chi connectivity index (χ0n) is 11.6. The summed E-state index contributed by atoms with van der Waals surface area (Å²) < 4.78 is 0. The van der Waals surface area contributed by atoms with Crippen LogP contribution in [0.1, 0.15) is 43.0 Å². The summed E-state index contributed by atoms with van der Waals surface area (Å²) in [6, 6.07) is 6.06. The highest BCUT2D eigenvalue weighted by Gasteiger charge is 2.10. The van der Waals surface area contributed by atoms with Gasteiger partial charge in [-0.15, -0.1) is 0 Å². The highest BCUT2D eigenvalue weighted by molar-refractivity contribution is 5.94. The summed E-state index contributed by atoms with van der Waals surface area (Å²) in [4.78, 5) is 22.3. The molecule has 0 aliphatic heterocycles. The lowest BCUT2D eigenvalue weighted by Gasteiger charge is -2.14. The largest absolute Gasteiger partial charge is 0.508 e. The third kappa shape index (κ3) is 5.73. The van der Waals surface area contributed by atoms with E-state index in [0.717, 1.165) is 12.8 Å². The van der Waals surface area contributed by atoms with E-state index >= 15 is 0 Å². The second kappa shape index (κ2) is 8.19. The molecule has 0 spiro atoms. The van der Waals surface area contributed by atoms with Crippen LogP contribution in [0.2, 0.25) is 0 Å². The van der Waals surface area contributed by atoms with Crippen LogP contribution in [0.15, 0.2) is 24.3 Å². The SMILES string of the molecule is CCC(CCNC(=O)c1ccc(O)cc1)CCC(=O)O. The van der Waals surface area contributed by atoms with Crippen LogP contribution in [0.5, 0.6) is 5.75 Å². The van der Waals surface area contributed by atoms with Crippen molar-refractivity contribution in [2.75, 3.05) is 6.54 Å². The number of hydrogen-bond donors (Lipinski definition) is 3. The predicted octanol–water partition coefficient (Wildman–Crippen LogP) is 2.40. The topological polar surface area (TPSA) is 86.6 Å². The van der Waals surface area contributed by atoms with Gasteiger partial charge in [0.05, 0.1) is 0 Å². The van der Waals surface area contributed by atoms with Gasteiger partial charge in [-0.2, -0.15) is 0 Å². The van der Waals surface area contributed by atoms with Gasteiger partial charge in [0.25, 0.3) is 5.91 Å². The van der Waals surface area contributed by atoms with Gasteiger partial charge in [-0.1, -0.05) is 13.3 Å². The van der Waals surface area contributed by atoms with Crippen LogP contribution in [-0.2, 0) is 4.79 Å². The van der Waals surface area contributed by atoms with Crippen molar-refractivity contribution in [1.82, 2.24) is 5.32 Å². The minimum atomic E-state index is -0.781. The fourth-order valence-electron chi connectivity index (χ4n) is 1.98. The van der Waals surface area contributed by atoms with Gasteiger partial charge in [-0.25, -0.2) is 0 Å². The predicted molar refractivity (Wildman–Crippen MR) is 75.7 cm³/mol. The second-order valence-electron chi connectivity index (χ2n) is 4.80. The number of phenolic OH excluding ortho intramolecular Hbond substituents is 1. The van der Waals surface area contributed by atoms with Crippen molar-refractivity contribution in [3.8, 4) is 5.75 Å². The van der Waals surface area contributed by atoms with E-state index in [1.165, 1.54) is 12.1 Å². The Hall–Kier alpha value is -2.04. The van der Waals surface area contributed by atoms with Crippen LogP contribution in [-0.4, -0.2) is 28.6 Å². The second-order valence-corrected chi connectivity index (χ2v) is 4.80. The lowest BCUT2D eigenvalue weighted by molar-refractivity contribution is -0.137. The van der Waals surface area contributed by atoms with Crippen molar-refractivity contribution >= 4 is 11.9 Å². The molecule has 5 nitrogen and oxygen atoms in total. The van der Waals surface area contributed by atoms with Crippen LogP contribution in [0.25, 0.3) is 0 Å². The molecule has 1 atom stereocenters. The minimum absolute atomic E-state index is 0.126. The molecule has 1 unspecified atom stereocenters. The molecular weight excluding hydrogens is 258 g/mol. The Labute approximate surface area is 118 Å². The zero-order valence-corrected chi connectivity index (χ0v) is 11.6. The van der Waals surface area contributed by atoms with E-state index in [1.54, 1.807) is 12.1 Å². The number of carbonyl (C=O) groups is 2. The highest BCUT2D eigenvalue weighted by Crippen LogP contribution is 2.15. The summed E-state index contributed by atoms with van der Waals surface area (Å²) in [5.74, 6) is -0.526. The quantitative estimate of drug-likeness (QED) is 0.682.